The van der Waals surface area contributed by atoms with Crippen molar-refractivity contribution in [2.45, 2.75) is 68.2 Å². The molecule has 0 N–H and O–H groups in total. The molecule has 3 fully saturated rings. The van der Waals surface area contributed by atoms with Crippen molar-refractivity contribution in [3.8, 4) is 0 Å². The molecule has 1 aromatic rings. The number of thioether (sulfide) groups is 1. The predicted molar refractivity (Wildman–Crippen MR) is 113 cm³/mol. The molecular formula is C23H32O5S. The summed E-state index contributed by atoms with van der Waals surface area (Å²) in [5.74, 6) is 0.138. The third-order valence-corrected chi connectivity index (χ3v) is 6.48. The third kappa shape index (κ3) is 6.54. The lowest BCUT2D eigenvalue weighted by atomic mass is 9.99. The van der Waals surface area contributed by atoms with Crippen molar-refractivity contribution in [3.63, 3.8) is 0 Å². The van der Waals surface area contributed by atoms with Crippen LogP contribution in [0.1, 0.15) is 38.5 Å². The van der Waals surface area contributed by atoms with Crippen LogP contribution in [-0.4, -0.2) is 51.2 Å². The Labute approximate surface area is 178 Å². The molecule has 0 saturated carbocycles. The molecule has 160 valence electrons. The molecule has 0 bridgehead atoms. The summed E-state index contributed by atoms with van der Waals surface area (Å²) < 4.78 is 30.0. The fourth-order valence-corrected chi connectivity index (χ4v) is 4.68. The molecule has 3 heterocycles. The van der Waals surface area contributed by atoms with Crippen LogP contribution in [0.2, 0.25) is 0 Å². The summed E-state index contributed by atoms with van der Waals surface area (Å²) in [5.41, 5.74) is 0. The summed E-state index contributed by atoms with van der Waals surface area (Å²) in [4.78, 5) is 1.22. The lowest BCUT2D eigenvalue weighted by Crippen LogP contribution is -2.37. The number of benzene rings is 1. The predicted octanol–water partition coefficient (Wildman–Crippen LogP) is 4.76. The SMILES string of the molecule is C(=C[C@H]1OC[C@@H](OC2CCCCO2)[C@@H]1COC1CCCCO1)Sc1ccccc1. The lowest BCUT2D eigenvalue weighted by molar-refractivity contribution is -0.207. The maximum absolute atomic E-state index is 6.29. The largest absolute Gasteiger partial charge is 0.371 e. The van der Waals surface area contributed by atoms with E-state index in [0.717, 1.165) is 45.3 Å². The van der Waals surface area contributed by atoms with Gasteiger partial charge in [-0.05, 0) is 62.1 Å². The molecule has 6 heteroatoms. The topological polar surface area (TPSA) is 46.2 Å². The second-order valence-corrected chi connectivity index (χ2v) is 8.80. The van der Waals surface area contributed by atoms with E-state index in [1.165, 1.54) is 11.3 Å². The average Bonchev–Trinajstić information content (AvgIpc) is 3.16. The summed E-state index contributed by atoms with van der Waals surface area (Å²) in [6.45, 7) is 2.72. The summed E-state index contributed by atoms with van der Waals surface area (Å²) in [6, 6.07) is 10.4. The number of hydrogen-bond acceptors (Lipinski definition) is 6. The highest BCUT2D eigenvalue weighted by molar-refractivity contribution is 8.02. The Kier molecular flexibility index (Phi) is 8.46. The molecule has 5 nitrogen and oxygen atoms in total. The van der Waals surface area contributed by atoms with E-state index in [4.69, 9.17) is 23.7 Å². The molecule has 0 radical (unpaired) electrons. The summed E-state index contributed by atoms with van der Waals surface area (Å²) in [5, 5.41) is 2.11. The van der Waals surface area contributed by atoms with Gasteiger partial charge < -0.3 is 23.7 Å². The Morgan fingerprint density at radius 2 is 1.69 bits per heavy atom. The van der Waals surface area contributed by atoms with Gasteiger partial charge in [-0.25, -0.2) is 0 Å². The van der Waals surface area contributed by atoms with Gasteiger partial charge in [-0.15, -0.1) is 0 Å². The fourth-order valence-electron chi connectivity index (χ4n) is 3.97. The van der Waals surface area contributed by atoms with E-state index in [2.05, 4.69) is 35.7 Å². The minimum absolute atomic E-state index is 0.0157. The Hall–Kier alpha value is -0.890. The number of ether oxygens (including phenoxy) is 5. The van der Waals surface area contributed by atoms with Crippen molar-refractivity contribution in [2.24, 2.45) is 5.92 Å². The normalized spacial score (nSPS) is 33.3. The summed E-state index contributed by atoms with van der Waals surface area (Å²) >= 11 is 1.70. The monoisotopic (exact) mass is 420 g/mol. The smallest absolute Gasteiger partial charge is 0.158 e. The second kappa shape index (κ2) is 11.5. The van der Waals surface area contributed by atoms with Crippen LogP contribution < -0.4 is 0 Å². The van der Waals surface area contributed by atoms with Crippen LogP contribution in [-0.2, 0) is 23.7 Å². The molecule has 0 amide bonds. The molecule has 1 aromatic carbocycles. The van der Waals surface area contributed by atoms with E-state index in [9.17, 15) is 0 Å². The molecule has 2 unspecified atom stereocenters. The molecule has 3 aliphatic rings. The average molecular weight is 421 g/mol. The molecule has 29 heavy (non-hydrogen) atoms. The van der Waals surface area contributed by atoms with E-state index in [1.807, 2.05) is 6.07 Å². The Balaban J connectivity index is 1.35. The van der Waals surface area contributed by atoms with E-state index in [-0.39, 0.29) is 30.7 Å². The van der Waals surface area contributed by atoms with Crippen LogP contribution in [0.5, 0.6) is 0 Å². The van der Waals surface area contributed by atoms with Crippen LogP contribution >= 0.6 is 11.8 Å². The zero-order chi connectivity index (χ0) is 19.7. The zero-order valence-corrected chi connectivity index (χ0v) is 17.8. The van der Waals surface area contributed by atoms with Gasteiger partial charge in [0.1, 0.15) is 0 Å². The van der Waals surface area contributed by atoms with Crippen molar-refractivity contribution >= 4 is 11.8 Å². The van der Waals surface area contributed by atoms with Gasteiger partial charge in [-0.3, -0.25) is 0 Å². The highest BCUT2D eigenvalue weighted by Gasteiger charge is 2.39. The molecule has 4 rings (SSSR count). The van der Waals surface area contributed by atoms with Gasteiger partial charge in [0.15, 0.2) is 12.6 Å². The van der Waals surface area contributed by atoms with Gasteiger partial charge in [0.2, 0.25) is 0 Å². The van der Waals surface area contributed by atoms with Crippen molar-refractivity contribution in [3.05, 3.63) is 41.8 Å². The fraction of sp³-hybridized carbons (Fsp3) is 0.652. The molecule has 0 aromatic heterocycles. The van der Waals surface area contributed by atoms with Gasteiger partial charge in [0, 0.05) is 24.0 Å². The highest BCUT2D eigenvalue weighted by atomic mass is 32.2. The van der Waals surface area contributed by atoms with Crippen LogP contribution in [0.15, 0.2) is 46.7 Å². The minimum atomic E-state index is -0.118. The minimum Gasteiger partial charge on any atom is -0.371 e. The second-order valence-electron chi connectivity index (χ2n) is 7.82. The van der Waals surface area contributed by atoms with Gasteiger partial charge in [0.05, 0.1) is 25.4 Å². The molecule has 0 spiro atoms. The highest BCUT2D eigenvalue weighted by Crippen LogP contribution is 2.31. The van der Waals surface area contributed by atoms with Crippen LogP contribution in [0.25, 0.3) is 0 Å². The lowest BCUT2D eigenvalue weighted by Gasteiger charge is -2.30. The van der Waals surface area contributed by atoms with Gasteiger partial charge in [0.25, 0.3) is 0 Å². The maximum atomic E-state index is 6.29. The van der Waals surface area contributed by atoms with E-state index < -0.39 is 0 Å². The molecule has 0 aliphatic carbocycles. The summed E-state index contributed by atoms with van der Waals surface area (Å²) in [6.07, 6.45) is 8.38. The third-order valence-electron chi connectivity index (χ3n) is 5.65. The van der Waals surface area contributed by atoms with Crippen LogP contribution in [0.4, 0.5) is 0 Å². The first-order chi connectivity index (χ1) is 14.4. The van der Waals surface area contributed by atoms with Crippen molar-refractivity contribution in [2.75, 3.05) is 26.4 Å². The molecule has 3 aliphatic heterocycles. The Bertz CT molecular complexity index is 613. The number of rotatable bonds is 8. The molecule has 3 saturated heterocycles. The van der Waals surface area contributed by atoms with Crippen molar-refractivity contribution < 1.29 is 23.7 Å². The maximum Gasteiger partial charge on any atom is 0.158 e. The van der Waals surface area contributed by atoms with Crippen molar-refractivity contribution in [1.29, 1.82) is 0 Å². The number of hydrogen-bond donors (Lipinski definition) is 0. The first-order valence-corrected chi connectivity index (χ1v) is 11.8. The quantitative estimate of drug-likeness (QED) is 0.565. The van der Waals surface area contributed by atoms with Gasteiger partial charge in [-0.1, -0.05) is 30.0 Å². The van der Waals surface area contributed by atoms with E-state index in [0.29, 0.717) is 13.2 Å². The summed E-state index contributed by atoms with van der Waals surface area (Å²) in [7, 11) is 0. The van der Waals surface area contributed by atoms with Gasteiger partial charge in [-0.2, -0.15) is 0 Å². The van der Waals surface area contributed by atoms with Crippen LogP contribution in [0.3, 0.4) is 0 Å². The van der Waals surface area contributed by atoms with Gasteiger partial charge >= 0.3 is 0 Å². The molecular weight excluding hydrogens is 388 g/mol. The Morgan fingerprint density at radius 1 is 0.931 bits per heavy atom. The first-order valence-electron chi connectivity index (χ1n) is 10.9. The standard InChI is InChI=1S/C23H32O5S/c1-2-8-18(9-3-1)29-15-12-20-19(16-27-22-10-4-6-13-24-22)21(17-26-20)28-23-11-5-7-14-25-23/h1-3,8-9,12,15,19-23H,4-7,10-11,13-14,16-17H2/t19-,20-,21-,22?,23?/m1/s1. The van der Waals surface area contributed by atoms with Crippen LogP contribution in [0, 0.1) is 5.92 Å². The van der Waals surface area contributed by atoms with E-state index >= 15 is 0 Å². The zero-order valence-electron chi connectivity index (χ0n) is 16.9. The first kappa shape index (κ1) is 21.3. The molecule has 5 atom stereocenters. The Morgan fingerprint density at radius 3 is 2.41 bits per heavy atom. The van der Waals surface area contributed by atoms with Crippen molar-refractivity contribution in [1.82, 2.24) is 0 Å². The van der Waals surface area contributed by atoms with E-state index in [1.54, 1.807) is 11.8 Å².